The number of nitrogens with zero attached hydrogens (tertiary/aromatic N) is 3. The minimum Gasteiger partial charge on any atom is -0.295 e. The predicted molar refractivity (Wildman–Crippen MR) is 79.8 cm³/mol. The summed E-state index contributed by atoms with van der Waals surface area (Å²) in [5.74, 6) is 0. The van der Waals surface area contributed by atoms with Crippen molar-refractivity contribution in [1.82, 2.24) is 9.88 Å². The van der Waals surface area contributed by atoms with Crippen molar-refractivity contribution < 1.29 is 4.92 Å². The van der Waals surface area contributed by atoms with Gasteiger partial charge in [-0.25, -0.2) is 0 Å². The third-order valence-corrected chi connectivity index (χ3v) is 3.79. The van der Waals surface area contributed by atoms with E-state index in [4.69, 9.17) is 0 Å². The standard InChI is InChI=1S/C16H17N3O2/c20-19(21)15-9-14-12-18(8-4-7-16(14)17-10-15)11-13-5-2-1-3-6-13/h1-3,5-6,9-10H,4,7-8,11-12H2. The maximum atomic E-state index is 10.9. The Morgan fingerprint density at radius 3 is 2.86 bits per heavy atom. The largest absolute Gasteiger partial charge is 0.295 e. The van der Waals surface area contributed by atoms with Gasteiger partial charge in [0.2, 0.25) is 0 Å². The van der Waals surface area contributed by atoms with Gasteiger partial charge in [-0.15, -0.1) is 0 Å². The molecule has 108 valence electrons. The fraction of sp³-hybridized carbons (Fsp3) is 0.312. The van der Waals surface area contributed by atoms with Crippen LogP contribution in [0.25, 0.3) is 0 Å². The molecule has 5 nitrogen and oxygen atoms in total. The molecule has 2 aromatic rings. The Morgan fingerprint density at radius 2 is 2.10 bits per heavy atom. The molecule has 2 heterocycles. The Balaban J connectivity index is 1.81. The molecule has 0 atom stereocenters. The number of pyridine rings is 1. The van der Waals surface area contributed by atoms with Crippen LogP contribution in [0.1, 0.15) is 23.2 Å². The molecular weight excluding hydrogens is 266 g/mol. The maximum Gasteiger partial charge on any atom is 0.287 e. The van der Waals surface area contributed by atoms with Gasteiger partial charge in [0.1, 0.15) is 6.20 Å². The molecule has 1 aromatic heterocycles. The van der Waals surface area contributed by atoms with Gasteiger partial charge >= 0.3 is 0 Å². The SMILES string of the molecule is O=[N+]([O-])c1cnc2c(c1)CN(Cc1ccccc1)CCC2. The average molecular weight is 283 g/mol. The lowest BCUT2D eigenvalue weighted by Crippen LogP contribution is -2.22. The highest BCUT2D eigenvalue weighted by molar-refractivity contribution is 5.35. The highest BCUT2D eigenvalue weighted by Gasteiger charge is 2.18. The summed E-state index contributed by atoms with van der Waals surface area (Å²) in [4.78, 5) is 17.1. The van der Waals surface area contributed by atoms with E-state index >= 15 is 0 Å². The van der Waals surface area contributed by atoms with E-state index in [2.05, 4.69) is 22.0 Å². The van der Waals surface area contributed by atoms with E-state index in [1.54, 1.807) is 6.07 Å². The molecule has 0 unspecified atom stereocenters. The van der Waals surface area contributed by atoms with Gasteiger partial charge in [0.15, 0.2) is 0 Å². The minimum atomic E-state index is -0.375. The van der Waals surface area contributed by atoms with Gasteiger partial charge in [0, 0.05) is 24.8 Å². The molecule has 1 aliphatic heterocycles. The van der Waals surface area contributed by atoms with Crippen LogP contribution in [0.4, 0.5) is 5.69 Å². The highest BCUT2D eigenvalue weighted by atomic mass is 16.6. The van der Waals surface area contributed by atoms with Crippen LogP contribution in [-0.4, -0.2) is 21.4 Å². The first-order valence-electron chi connectivity index (χ1n) is 7.11. The van der Waals surface area contributed by atoms with E-state index in [0.29, 0.717) is 0 Å². The van der Waals surface area contributed by atoms with Crippen molar-refractivity contribution in [2.75, 3.05) is 6.54 Å². The van der Waals surface area contributed by atoms with E-state index in [-0.39, 0.29) is 10.6 Å². The molecule has 0 radical (unpaired) electrons. The van der Waals surface area contributed by atoms with Crippen molar-refractivity contribution in [3.8, 4) is 0 Å². The van der Waals surface area contributed by atoms with Gasteiger partial charge in [-0.2, -0.15) is 0 Å². The molecule has 0 spiro atoms. The molecule has 1 aliphatic rings. The molecule has 0 N–H and O–H groups in total. The molecule has 0 saturated carbocycles. The van der Waals surface area contributed by atoms with Crippen molar-refractivity contribution in [2.24, 2.45) is 0 Å². The fourth-order valence-electron chi connectivity index (χ4n) is 2.75. The monoisotopic (exact) mass is 283 g/mol. The van der Waals surface area contributed by atoms with Crippen molar-refractivity contribution in [3.05, 3.63) is 69.5 Å². The first kappa shape index (κ1) is 13.7. The molecule has 1 aromatic carbocycles. The quantitative estimate of drug-likeness (QED) is 0.642. The predicted octanol–water partition coefficient (Wildman–Crippen LogP) is 2.94. The van der Waals surface area contributed by atoms with Crippen LogP contribution in [0.3, 0.4) is 0 Å². The van der Waals surface area contributed by atoms with E-state index in [1.807, 2.05) is 18.2 Å². The summed E-state index contributed by atoms with van der Waals surface area (Å²) in [6.07, 6.45) is 3.29. The number of hydrogen-bond donors (Lipinski definition) is 0. The number of fused-ring (bicyclic) bond motifs is 1. The van der Waals surface area contributed by atoms with Gasteiger partial charge in [-0.05, 0) is 30.5 Å². The summed E-state index contributed by atoms with van der Waals surface area (Å²) in [5, 5.41) is 10.9. The van der Waals surface area contributed by atoms with Gasteiger partial charge in [0.05, 0.1) is 4.92 Å². The summed E-state index contributed by atoms with van der Waals surface area (Å²) in [5.41, 5.74) is 3.32. The summed E-state index contributed by atoms with van der Waals surface area (Å²) >= 11 is 0. The van der Waals surface area contributed by atoms with Crippen LogP contribution < -0.4 is 0 Å². The average Bonchev–Trinajstić information content (AvgIpc) is 2.69. The van der Waals surface area contributed by atoms with E-state index in [0.717, 1.165) is 43.7 Å². The van der Waals surface area contributed by atoms with Crippen molar-refractivity contribution >= 4 is 5.69 Å². The smallest absolute Gasteiger partial charge is 0.287 e. The van der Waals surface area contributed by atoms with Gasteiger partial charge in [-0.3, -0.25) is 20.0 Å². The lowest BCUT2D eigenvalue weighted by atomic mass is 10.1. The van der Waals surface area contributed by atoms with E-state index < -0.39 is 0 Å². The lowest BCUT2D eigenvalue weighted by Gasteiger charge is -2.20. The molecule has 21 heavy (non-hydrogen) atoms. The normalized spacial score (nSPS) is 15.2. The molecule has 3 rings (SSSR count). The zero-order valence-electron chi connectivity index (χ0n) is 11.7. The Hall–Kier alpha value is -2.27. The molecular formula is C16H17N3O2. The number of aromatic nitrogens is 1. The number of benzene rings is 1. The second-order valence-electron chi connectivity index (χ2n) is 5.36. The fourth-order valence-corrected chi connectivity index (χ4v) is 2.75. The summed E-state index contributed by atoms with van der Waals surface area (Å²) in [7, 11) is 0. The van der Waals surface area contributed by atoms with E-state index in [9.17, 15) is 10.1 Å². The topological polar surface area (TPSA) is 59.3 Å². The summed E-state index contributed by atoms with van der Waals surface area (Å²) < 4.78 is 0. The van der Waals surface area contributed by atoms with Crippen molar-refractivity contribution in [3.63, 3.8) is 0 Å². The zero-order chi connectivity index (χ0) is 14.7. The van der Waals surface area contributed by atoms with Gasteiger partial charge < -0.3 is 0 Å². The zero-order valence-corrected chi connectivity index (χ0v) is 11.7. The molecule has 0 fully saturated rings. The van der Waals surface area contributed by atoms with E-state index in [1.165, 1.54) is 11.8 Å². The Morgan fingerprint density at radius 1 is 1.29 bits per heavy atom. The van der Waals surface area contributed by atoms with Crippen LogP contribution in [-0.2, 0) is 19.5 Å². The number of aryl methyl sites for hydroxylation is 1. The summed E-state index contributed by atoms with van der Waals surface area (Å²) in [6, 6.07) is 12.0. The van der Waals surface area contributed by atoms with Crippen LogP contribution in [0.5, 0.6) is 0 Å². The highest BCUT2D eigenvalue weighted by Crippen LogP contribution is 2.22. The lowest BCUT2D eigenvalue weighted by molar-refractivity contribution is -0.385. The molecule has 0 amide bonds. The van der Waals surface area contributed by atoms with Gasteiger partial charge in [-0.1, -0.05) is 30.3 Å². The van der Waals surface area contributed by atoms with Crippen LogP contribution in [0.15, 0.2) is 42.6 Å². The third-order valence-electron chi connectivity index (χ3n) is 3.79. The Labute approximate surface area is 123 Å². The molecule has 0 saturated heterocycles. The van der Waals surface area contributed by atoms with Gasteiger partial charge in [0.25, 0.3) is 5.69 Å². The van der Waals surface area contributed by atoms with Crippen LogP contribution >= 0.6 is 0 Å². The number of nitro groups is 1. The first-order valence-corrected chi connectivity index (χ1v) is 7.11. The second kappa shape index (κ2) is 6.01. The first-order chi connectivity index (χ1) is 10.2. The number of rotatable bonds is 3. The molecule has 0 bridgehead atoms. The molecule has 0 aliphatic carbocycles. The van der Waals surface area contributed by atoms with Crippen molar-refractivity contribution in [1.29, 1.82) is 0 Å². The van der Waals surface area contributed by atoms with Crippen LogP contribution in [0.2, 0.25) is 0 Å². The number of hydrogen-bond acceptors (Lipinski definition) is 4. The Bertz CT molecular complexity index is 643. The third kappa shape index (κ3) is 3.25. The maximum absolute atomic E-state index is 10.9. The van der Waals surface area contributed by atoms with Crippen LogP contribution in [0, 0.1) is 10.1 Å². The Kier molecular flexibility index (Phi) is 3.92. The summed E-state index contributed by atoms with van der Waals surface area (Å²) in [6.45, 7) is 2.57. The van der Waals surface area contributed by atoms with Crippen molar-refractivity contribution in [2.45, 2.75) is 25.9 Å². The second-order valence-corrected chi connectivity index (χ2v) is 5.36. The molecule has 5 heteroatoms. The minimum absolute atomic E-state index is 0.0790.